The number of hydrogen-bond acceptors (Lipinski definition) is 3. The van der Waals surface area contributed by atoms with Gasteiger partial charge in [-0.25, -0.2) is 4.89 Å². The highest BCUT2D eigenvalue weighted by Crippen LogP contribution is 2.03. The van der Waals surface area contributed by atoms with E-state index in [1.165, 1.54) is 0 Å². The van der Waals surface area contributed by atoms with E-state index in [0.717, 1.165) is 6.42 Å². The van der Waals surface area contributed by atoms with E-state index < -0.39 is 7.12 Å². The zero-order valence-corrected chi connectivity index (χ0v) is 3.96. The molecule has 0 bridgehead atoms. The lowest BCUT2D eigenvalue weighted by Gasteiger charge is -2.11. The van der Waals surface area contributed by atoms with Gasteiger partial charge in [-0.15, -0.1) is 0 Å². The van der Waals surface area contributed by atoms with Crippen LogP contribution in [0.4, 0.5) is 0 Å². The molecule has 1 heterocycles. The molecule has 1 rings (SSSR count). The maximum Gasteiger partial charge on any atom is 0.487 e. The van der Waals surface area contributed by atoms with Crippen molar-refractivity contribution in [1.82, 2.24) is 0 Å². The van der Waals surface area contributed by atoms with Crippen molar-refractivity contribution in [2.45, 2.75) is 12.7 Å². The number of hydrogen-bond donors (Lipinski definition) is 1. The first-order valence-electron chi connectivity index (χ1n) is 2.36. The van der Waals surface area contributed by atoms with Crippen LogP contribution >= 0.6 is 0 Å². The summed E-state index contributed by atoms with van der Waals surface area (Å²) in [7, 11) is -0.686. The molecule has 0 aromatic carbocycles. The van der Waals surface area contributed by atoms with Gasteiger partial charge in [0.15, 0.2) is 0 Å². The molecule has 0 unspecified atom stereocenters. The summed E-state index contributed by atoms with van der Waals surface area (Å²) in [4.78, 5) is 8.77. The standard InChI is InChI=1S/C3H7BO3/c5-4-2-1-3-6-7-4/h5H,1-3H2. The minimum atomic E-state index is -0.686. The van der Waals surface area contributed by atoms with E-state index in [0.29, 0.717) is 12.9 Å². The summed E-state index contributed by atoms with van der Waals surface area (Å²) >= 11 is 0. The van der Waals surface area contributed by atoms with Crippen LogP contribution in [0.5, 0.6) is 0 Å². The fraction of sp³-hybridized carbons (Fsp3) is 1.00. The first kappa shape index (κ1) is 5.09. The van der Waals surface area contributed by atoms with Crippen LogP contribution < -0.4 is 0 Å². The molecule has 1 aliphatic rings. The van der Waals surface area contributed by atoms with Crippen molar-refractivity contribution < 1.29 is 14.7 Å². The molecular weight excluding hydrogens is 94.8 g/mol. The molecular formula is C3H7BO3. The van der Waals surface area contributed by atoms with Crippen molar-refractivity contribution >= 4 is 7.12 Å². The quantitative estimate of drug-likeness (QED) is 0.340. The second-order valence-electron chi connectivity index (χ2n) is 1.52. The van der Waals surface area contributed by atoms with Gasteiger partial charge >= 0.3 is 7.12 Å². The highest BCUT2D eigenvalue weighted by atomic mass is 17.2. The minimum Gasteiger partial charge on any atom is -0.425 e. The van der Waals surface area contributed by atoms with Gasteiger partial charge in [-0.05, 0) is 12.7 Å². The zero-order valence-electron chi connectivity index (χ0n) is 3.96. The van der Waals surface area contributed by atoms with Crippen LogP contribution in [0.25, 0.3) is 0 Å². The van der Waals surface area contributed by atoms with E-state index in [1.54, 1.807) is 0 Å². The third-order valence-electron chi connectivity index (χ3n) is 0.858. The van der Waals surface area contributed by atoms with Gasteiger partial charge in [0, 0.05) is 0 Å². The van der Waals surface area contributed by atoms with Crippen LogP contribution in [-0.2, 0) is 9.69 Å². The minimum absolute atomic E-state index is 0.608. The second kappa shape index (κ2) is 2.30. The monoisotopic (exact) mass is 102 g/mol. The molecule has 0 saturated carbocycles. The molecule has 0 atom stereocenters. The van der Waals surface area contributed by atoms with E-state index in [-0.39, 0.29) is 0 Å². The lowest BCUT2D eigenvalue weighted by atomic mass is 9.84. The van der Waals surface area contributed by atoms with Crippen LogP contribution in [0.2, 0.25) is 6.32 Å². The molecule has 40 valence electrons. The molecule has 7 heavy (non-hydrogen) atoms. The molecule has 1 N–H and O–H groups in total. The lowest BCUT2D eigenvalue weighted by Crippen LogP contribution is -2.23. The molecule has 1 saturated heterocycles. The molecule has 0 aromatic heterocycles. The highest BCUT2D eigenvalue weighted by molar-refractivity contribution is 6.42. The van der Waals surface area contributed by atoms with Gasteiger partial charge in [0.05, 0.1) is 6.61 Å². The van der Waals surface area contributed by atoms with Gasteiger partial charge < -0.3 is 5.02 Å². The van der Waals surface area contributed by atoms with Gasteiger partial charge in [-0.1, -0.05) is 0 Å². The normalized spacial score (nSPS) is 22.7. The Labute approximate surface area is 42.3 Å². The average Bonchev–Trinajstić information content (AvgIpc) is 1.69. The van der Waals surface area contributed by atoms with Crippen molar-refractivity contribution in [3.05, 3.63) is 0 Å². The Morgan fingerprint density at radius 1 is 1.57 bits per heavy atom. The summed E-state index contributed by atoms with van der Waals surface area (Å²) in [5.41, 5.74) is 0. The van der Waals surface area contributed by atoms with Gasteiger partial charge in [-0.2, -0.15) is 0 Å². The number of rotatable bonds is 0. The Balaban J connectivity index is 2.12. The molecule has 0 amide bonds. The highest BCUT2D eigenvalue weighted by Gasteiger charge is 2.17. The summed E-state index contributed by atoms with van der Waals surface area (Å²) in [6.07, 6.45) is 1.58. The van der Waals surface area contributed by atoms with Crippen molar-refractivity contribution in [1.29, 1.82) is 0 Å². The molecule has 1 aliphatic heterocycles. The maximum absolute atomic E-state index is 8.56. The molecule has 3 nitrogen and oxygen atoms in total. The van der Waals surface area contributed by atoms with Crippen molar-refractivity contribution in [2.24, 2.45) is 0 Å². The van der Waals surface area contributed by atoms with E-state index in [1.807, 2.05) is 0 Å². The maximum atomic E-state index is 8.56. The first-order chi connectivity index (χ1) is 3.39. The summed E-state index contributed by atoms with van der Waals surface area (Å²) in [5.74, 6) is 0. The predicted molar refractivity (Wildman–Crippen MR) is 24.4 cm³/mol. The van der Waals surface area contributed by atoms with Crippen LogP contribution in [0.15, 0.2) is 0 Å². The van der Waals surface area contributed by atoms with Gasteiger partial charge in [0.2, 0.25) is 0 Å². The fourth-order valence-corrected chi connectivity index (χ4v) is 0.492. The molecule has 0 radical (unpaired) electrons. The average molecular weight is 102 g/mol. The fourth-order valence-electron chi connectivity index (χ4n) is 0.492. The summed E-state index contributed by atoms with van der Waals surface area (Å²) in [5, 5.41) is 8.56. The van der Waals surface area contributed by atoms with Crippen molar-refractivity contribution in [3.63, 3.8) is 0 Å². The molecule has 4 heteroatoms. The Morgan fingerprint density at radius 3 is 2.71 bits per heavy atom. The van der Waals surface area contributed by atoms with Crippen molar-refractivity contribution in [2.75, 3.05) is 6.61 Å². The van der Waals surface area contributed by atoms with Crippen molar-refractivity contribution in [3.8, 4) is 0 Å². The predicted octanol–water partition coefficient (Wildman–Crippen LogP) is -0.181. The van der Waals surface area contributed by atoms with Crippen LogP contribution in [-0.4, -0.2) is 18.7 Å². The van der Waals surface area contributed by atoms with E-state index in [2.05, 4.69) is 9.69 Å². The van der Waals surface area contributed by atoms with E-state index >= 15 is 0 Å². The molecule has 0 aliphatic carbocycles. The van der Waals surface area contributed by atoms with E-state index in [9.17, 15) is 0 Å². The summed E-state index contributed by atoms with van der Waals surface area (Å²) < 4.78 is 0. The third-order valence-corrected chi connectivity index (χ3v) is 0.858. The summed E-state index contributed by atoms with van der Waals surface area (Å²) in [6.45, 7) is 0.608. The van der Waals surface area contributed by atoms with Gasteiger partial charge in [-0.3, -0.25) is 4.81 Å². The zero-order chi connectivity index (χ0) is 5.11. The lowest BCUT2D eigenvalue weighted by molar-refractivity contribution is -0.233. The van der Waals surface area contributed by atoms with E-state index in [4.69, 9.17) is 5.02 Å². The smallest absolute Gasteiger partial charge is 0.425 e. The van der Waals surface area contributed by atoms with Gasteiger partial charge in [0.1, 0.15) is 0 Å². The van der Waals surface area contributed by atoms with Crippen LogP contribution in [0, 0.1) is 0 Å². The van der Waals surface area contributed by atoms with Gasteiger partial charge in [0.25, 0.3) is 0 Å². The Morgan fingerprint density at radius 2 is 2.43 bits per heavy atom. The second-order valence-corrected chi connectivity index (χ2v) is 1.52. The molecule has 0 aromatic rings. The SMILES string of the molecule is OB1CCCOO1. The van der Waals surface area contributed by atoms with Crippen LogP contribution in [0.3, 0.4) is 0 Å². The topological polar surface area (TPSA) is 38.7 Å². The largest absolute Gasteiger partial charge is 0.487 e. The molecule has 1 fully saturated rings. The third kappa shape index (κ3) is 1.47. The Hall–Kier alpha value is -0.0551. The Bertz CT molecular complexity index is 52.1. The first-order valence-corrected chi connectivity index (χ1v) is 2.36. The van der Waals surface area contributed by atoms with Crippen LogP contribution in [0.1, 0.15) is 6.42 Å². The summed E-state index contributed by atoms with van der Waals surface area (Å²) in [6, 6.07) is 0. The Kier molecular flexibility index (Phi) is 1.67. The molecule has 0 spiro atoms.